The maximum absolute atomic E-state index is 13.0. The zero-order valence-corrected chi connectivity index (χ0v) is 18.9. The summed E-state index contributed by atoms with van der Waals surface area (Å²) in [5, 5.41) is 2.80. The topological polar surface area (TPSA) is 82.2 Å². The zero-order valence-electron chi connectivity index (χ0n) is 18.9. The first-order valence-corrected chi connectivity index (χ1v) is 11.3. The summed E-state index contributed by atoms with van der Waals surface area (Å²) in [6.07, 6.45) is 0.184. The summed E-state index contributed by atoms with van der Waals surface area (Å²) >= 11 is 0. The molecule has 4 rings (SSSR count). The van der Waals surface area contributed by atoms with Crippen LogP contribution < -0.4 is 15.0 Å². The zero-order chi connectivity index (χ0) is 23.2. The van der Waals surface area contributed by atoms with E-state index in [1.807, 2.05) is 42.5 Å². The van der Waals surface area contributed by atoms with Gasteiger partial charge in [-0.1, -0.05) is 30.3 Å². The molecule has 3 amide bonds. The first kappa shape index (κ1) is 22.6. The van der Waals surface area contributed by atoms with Crippen molar-refractivity contribution in [3.05, 3.63) is 60.2 Å². The fourth-order valence-corrected chi connectivity index (χ4v) is 4.38. The highest BCUT2D eigenvalue weighted by Gasteiger charge is 2.36. The molecular formula is C25H30N4O4. The van der Waals surface area contributed by atoms with Crippen LogP contribution in [0.15, 0.2) is 54.6 Å². The van der Waals surface area contributed by atoms with E-state index in [1.54, 1.807) is 16.9 Å². The second-order valence-electron chi connectivity index (χ2n) is 8.33. The summed E-state index contributed by atoms with van der Waals surface area (Å²) < 4.78 is 5.16. The van der Waals surface area contributed by atoms with Crippen LogP contribution in [0.4, 0.5) is 5.69 Å². The first-order chi connectivity index (χ1) is 16.0. The lowest BCUT2D eigenvalue weighted by molar-refractivity contribution is -0.146. The van der Waals surface area contributed by atoms with Crippen molar-refractivity contribution in [2.75, 3.05) is 51.3 Å². The van der Waals surface area contributed by atoms with E-state index in [1.165, 1.54) is 0 Å². The number of anilines is 1. The molecule has 2 aliphatic rings. The fourth-order valence-electron chi connectivity index (χ4n) is 4.38. The highest BCUT2D eigenvalue weighted by molar-refractivity contribution is 5.93. The van der Waals surface area contributed by atoms with Crippen LogP contribution in [0.2, 0.25) is 0 Å². The molecule has 2 saturated heterocycles. The molecule has 0 bridgehead atoms. The number of nitrogens with one attached hydrogen (secondary N) is 1. The smallest absolute Gasteiger partial charge is 0.243 e. The highest BCUT2D eigenvalue weighted by Crippen LogP contribution is 2.19. The monoisotopic (exact) mass is 450 g/mol. The number of rotatable bonds is 6. The molecule has 1 atom stereocenters. The lowest BCUT2D eigenvalue weighted by atomic mass is 10.0. The Morgan fingerprint density at radius 1 is 0.939 bits per heavy atom. The number of methoxy groups -OCH3 is 1. The normalized spacial score (nSPS) is 18.6. The molecule has 0 unspecified atom stereocenters. The van der Waals surface area contributed by atoms with Crippen molar-refractivity contribution < 1.29 is 19.1 Å². The second kappa shape index (κ2) is 10.4. The fraction of sp³-hybridized carbons (Fsp3) is 0.400. The van der Waals surface area contributed by atoms with Crippen molar-refractivity contribution in [2.24, 2.45) is 0 Å². The maximum atomic E-state index is 13.0. The molecule has 0 aliphatic carbocycles. The third-order valence-electron chi connectivity index (χ3n) is 6.29. The molecule has 0 aromatic heterocycles. The van der Waals surface area contributed by atoms with Crippen molar-refractivity contribution >= 4 is 23.4 Å². The second-order valence-corrected chi connectivity index (χ2v) is 8.33. The molecule has 2 aromatic rings. The number of ether oxygens (including phenoxy) is 1. The minimum Gasteiger partial charge on any atom is -0.497 e. The van der Waals surface area contributed by atoms with Gasteiger partial charge in [0, 0.05) is 45.0 Å². The van der Waals surface area contributed by atoms with E-state index in [9.17, 15) is 14.4 Å². The van der Waals surface area contributed by atoms with Gasteiger partial charge in [0.1, 0.15) is 11.8 Å². The number of nitrogens with zero attached hydrogens (tertiary/aromatic N) is 3. The number of carbonyl (C=O) groups excluding carboxylic acids is 3. The van der Waals surface area contributed by atoms with E-state index in [0.29, 0.717) is 26.2 Å². The number of hydrogen-bond acceptors (Lipinski definition) is 5. The van der Waals surface area contributed by atoms with Crippen LogP contribution in [0.25, 0.3) is 0 Å². The number of amides is 3. The van der Waals surface area contributed by atoms with Gasteiger partial charge in [-0.15, -0.1) is 0 Å². The van der Waals surface area contributed by atoms with Crippen LogP contribution in [0.1, 0.15) is 12.0 Å². The molecule has 1 N–H and O–H groups in total. The van der Waals surface area contributed by atoms with E-state index in [0.717, 1.165) is 30.1 Å². The van der Waals surface area contributed by atoms with Gasteiger partial charge >= 0.3 is 0 Å². The Hall–Kier alpha value is -3.55. The SMILES string of the molecule is COc1ccc(CC(=O)N2CCNC(=O)[C@H]2CC(=O)N2CCN(c3ccccc3)CC2)cc1. The largest absolute Gasteiger partial charge is 0.497 e. The quantitative estimate of drug-likeness (QED) is 0.718. The molecule has 8 heteroatoms. The highest BCUT2D eigenvalue weighted by atomic mass is 16.5. The summed E-state index contributed by atoms with van der Waals surface area (Å²) in [7, 11) is 1.59. The maximum Gasteiger partial charge on any atom is 0.243 e. The van der Waals surface area contributed by atoms with E-state index < -0.39 is 6.04 Å². The molecule has 0 saturated carbocycles. The number of para-hydroxylation sites is 1. The lowest BCUT2D eigenvalue weighted by Crippen LogP contribution is -2.59. The van der Waals surface area contributed by atoms with Crippen molar-refractivity contribution in [1.82, 2.24) is 15.1 Å². The van der Waals surface area contributed by atoms with Gasteiger partial charge in [-0.3, -0.25) is 14.4 Å². The molecule has 0 spiro atoms. The Morgan fingerprint density at radius 2 is 1.64 bits per heavy atom. The predicted molar refractivity (Wildman–Crippen MR) is 125 cm³/mol. The minimum atomic E-state index is -0.774. The van der Waals surface area contributed by atoms with Crippen molar-refractivity contribution in [3.8, 4) is 5.75 Å². The summed E-state index contributed by atoms with van der Waals surface area (Å²) in [6.45, 7) is 3.48. The van der Waals surface area contributed by atoms with Gasteiger partial charge in [-0.2, -0.15) is 0 Å². The van der Waals surface area contributed by atoms with Crippen LogP contribution >= 0.6 is 0 Å². The molecule has 8 nitrogen and oxygen atoms in total. The molecule has 33 heavy (non-hydrogen) atoms. The van der Waals surface area contributed by atoms with Gasteiger partial charge in [-0.05, 0) is 29.8 Å². The van der Waals surface area contributed by atoms with Gasteiger partial charge in [0.15, 0.2) is 0 Å². The Bertz CT molecular complexity index is 972. The summed E-state index contributed by atoms with van der Waals surface area (Å²) in [4.78, 5) is 44.3. The average molecular weight is 451 g/mol. The lowest BCUT2D eigenvalue weighted by Gasteiger charge is -2.39. The number of benzene rings is 2. The molecule has 0 radical (unpaired) electrons. The van der Waals surface area contributed by atoms with Crippen LogP contribution in [0.5, 0.6) is 5.75 Å². The Balaban J connectivity index is 1.36. The molecular weight excluding hydrogens is 420 g/mol. The molecule has 174 valence electrons. The van der Waals surface area contributed by atoms with Gasteiger partial charge < -0.3 is 24.8 Å². The minimum absolute atomic E-state index is 0.00548. The third kappa shape index (κ3) is 5.45. The Labute approximate surface area is 194 Å². The van der Waals surface area contributed by atoms with E-state index in [4.69, 9.17) is 4.74 Å². The number of piperazine rings is 2. The van der Waals surface area contributed by atoms with Gasteiger partial charge in [0.2, 0.25) is 17.7 Å². The van der Waals surface area contributed by atoms with E-state index in [-0.39, 0.29) is 30.6 Å². The average Bonchev–Trinajstić information content (AvgIpc) is 2.86. The Morgan fingerprint density at radius 3 is 2.30 bits per heavy atom. The summed E-state index contributed by atoms with van der Waals surface area (Å²) in [5.41, 5.74) is 1.99. The van der Waals surface area contributed by atoms with Crippen molar-refractivity contribution in [2.45, 2.75) is 18.9 Å². The van der Waals surface area contributed by atoms with Crippen molar-refractivity contribution in [3.63, 3.8) is 0 Å². The third-order valence-corrected chi connectivity index (χ3v) is 6.29. The molecule has 2 aromatic carbocycles. The van der Waals surface area contributed by atoms with Crippen molar-refractivity contribution in [1.29, 1.82) is 0 Å². The summed E-state index contributed by atoms with van der Waals surface area (Å²) in [6, 6.07) is 16.7. The molecule has 2 heterocycles. The Kier molecular flexibility index (Phi) is 7.12. The summed E-state index contributed by atoms with van der Waals surface area (Å²) in [5.74, 6) is 0.216. The first-order valence-electron chi connectivity index (χ1n) is 11.3. The molecule has 2 fully saturated rings. The van der Waals surface area contributed by atoms with Crippen LogP contribution in [-0.2, 0) is 20.8 Å². The van der Waals surface area contributed by atoms with E-state index in [2.05, 4.69) is 22.3 Å². The standard InChI is InChI=1S/C25H30N4O4/c1-33-21-9-7-19(8-10-21)17-24(31)29-12-11-26-25(32)22(29)18-23(30)28-15-13-27(14-16-28)20-5-3-2-4-6-20/h2-10,22H,11-18H2,1H3,(H,26,32)/t22-/m1/s1. The molecule has 2 aliphatic heterocycles. The van der Waals surface area contributed by atoms with Gasteiger partial charge in [-0.25, -0.2) is 0 Å². The van der Waals surface area contributed by atoms with Crippen LogP contribution in [0, 0.1) is 0 Å². The van der Waals surface area contributed by atoms with Gasteiger partial charge in [0.25, 0.3) is 0 Å². The number of carbonyl (C=O) groups is 3. The van der Waals surface area contributed by atoms with Crippen LogP contribution in [0.3, 0.4) is 0 Å². The number of hydrogen-bond donors (Lipinski definition) is 1. The van der Waals surface area contributed by atoms with Crippen LogP contribution in [-0.4, -0.2) is 79.9 Å². The van der Waals surface area contributed by atoms with E-state index >= 15 is 0 Å². The predicted octanol–water partition coefficient (Wildman–Crippen LogP) is 1.30. The van der Waals surface area contributed by atoms with Gasteiger partial charge in [0.05, 0.1) is 20.0 Å².